The van der Waals surface area contributed by atoms with Crippen molar-refractivity contribution in [3.63, 3.8) is 0 Å². The zero-order valence-electron chi connectivity index (χ0n) is 13.5. The predicted molar refractivity (Wildman–Crippen MR) is 85.3 cm³/mol. The first-order chi connectivity index (χ1) is 11.2. The third kappa shape index (κ3) is 4.53. The molecule has 1 aromatic rings. The van der Waals surface area contributed by atoms with E-state index in [1.165, 1.54) is 0 Å². The zero-order chi connectivity index (χ0) is 16.1. The van der Waals surface area contributed by atoms with E-state index < -0.39 is 5.91 Å². The van der Waals surface area contributed by atoms with Gasteiger partial charge < -0.3 is 20.1 Å². The summed E-state index contributed by atoms with van der Waals surface area (Å²) in [5.41, 5.74) is 6.58. The van der Waals surface area contributed by atoms with E-state index in [0.717, 1.165) is 64.2 Å². The van der Waals surface area contributed by atoms with Crippen LogP contribution >= 0.6 is 0 Å². The van der Waals surface area contributed by atoms with E-state index in [-0.39, 0.29) is 0 Å². The van der Waals surface area contributed by atoms with Crippen molar-refractivity contribution in [3.8, 4) is 0 Å². The molecule has 0 unspecified atom stereocenters. The number of amides is 1. The van der Waals surface area contributed by atoms with Crippen LogP contribution in [0.3, 0.4) is 0 Å². The summed E-state index contributed by atoms with van der Waals surface area (Å²) in [5.74, 6) is -0.106. The number of nitrogens with one attached hydrogen (secondary N) is 1. The second-order valence-electron chi connectivity index (χ2n) is 6.42. The molecular weight excluding hydrogens is 296 g/mol. The third-order valence-corrected chi connectivity index (χ3v) is 4.68. The molecule has 2 atom stereocenters. The molecule has 7 heteroatoms. The van der Waals surface area contributed by atoms with Crippen LogP contribution in [0, 0.1) is 0 Å². The number of primary amides is 1. The molecule has 3 rings (SSSR count). The lowest BCUT2D eigenvalue weighted by Crippen LogP contribution is -2.37. The van der Waals surface area contributed by atoms with Gasteiger partial charge in [-0.15, -0.1) is 0 Å². The monoisotopic (exact) mass is 322 g/mol. The number of aromatic nitrogens is 2. The first kappa shape index (κ1) is 16.4. The van der Waals surface area contributed by atoms with Crippen LogP contribution in [0.2, 0.25) is 0 Å². The fourth-order valence-electron chi connectivity index (χ4n) is 3.37. The smallest absolute Gasteiger partial charge is 0.269 e. The van der Waals surface area contributed by atoms with Crippen LogP contribution in [0.1, 0.15) is 47.8 Å². The number of rotatable bonds is 7. The lowest BCUT2D eigenvalue weighted by atomic mass is 9.94. The van der Waals surface area contributed by atoms with Gasteiger partial charge >= 0.3 is 0 Å². The van der Waals surface area contributed by atoms with Crippen molar-refractivity contribution in [3.05, 3.63) is 17.5 Å². The molecule has 1 amide bonds. The van der Waals surface area contributed by atoms with E-state index >= 15 is 0 Å². The normalized spacial score (nSPS) is 25.7. The van der Waals surface area contributed by atoms with Crippen LogP contribution in [0.15, 0.2) is 6.07 Å². The highest BCUT2D eigenvalue weighted by Gasteiger charge is 2.23. The number of ether oxygens (including phenoxy) is 2. The Balaban J connectivity index is 1.41. The van der Waals surface area contributed by atoms with Crippen molar-refractivity contribution in [2.45, 2.75) is 37.7 Å². The Labute approximate surface area is 136 Å². The van der Waals surface area contributed by atoms with Gasteiger partial charge in [0.2, 0.25) is 0 Å². The number of carbonyl (C=O) groups excluding carboxylic acids is 1. The number of H-pyrrole nitrogens is 1. The van der Waals surface area contributed by atoms with Crippen molar-refractivity contribution in [2.75, 3.05) is 39.5 Å². The molecule has 3 N–H and O–H groups in total. The number of nitrogens with zero attached hydrogens (tertiary/aromatic N) is 2. The van der Waals surface area contributed by atoms with E-state index in [0.29, 0.717) is 24.3 Å². The van der Waals surface area contributed by atoms with Gasteiger partial charge in [-0.05, 0) is 38.3 Å². The Morgan fingerprint density at radius 2 is 2.39 bits per heavy atom. The number of likely N-dealkylation sites (tertiary alicyclic amines) is 1. The molecule has 3 heterocycles. The molecule has 2 aliphatic heterocycles. The highest BCUT2D eigenvalue weighted by Crippen LogP contribution is 2.25. The van der Waals surface area contributed by atoms with Gasteiger partial charge in [0.05, 0.1) is 19.3 Å². The Morgan fingerprint density at radius 3 is 3.13 bits per heavy atom. The second kappa shape index (κ2) is 7.90. The minimum absolute atomic E-state index is 0.293. The third-order valence-electron chi connectivity index (χ3n) is 4.68. The van der Waals surface area contributed by atoms with Gasteiger partial charge in [0.25, 0.3) is 5.91 Å². The summed E-state index contributed by atoms with van der Waals surface area (Å²) in [6.07, 6.45) is 4.81. The van der Waals surface area contributed by atoms with Crippen LogP contribution in [0.25, 0.3) is 0 Å². The molecule has 2 fully saturated rings. The van der Waals surface area contributed by atoms with E-state index in [2.05, 4.69) is 15.1 Å². The standard InChI is InChI=1S/C16H26N4O3/c17-16(21)15-9-14(18-19-15)12-3-1-5-20(10-12)6-8-22-11-13-4-2-7-23-13/h9,12-13H,1-8,10-11H2,(H2,17,21)(H,18,19)/t12-,13+/m1/s1. The Kier molecular flexibility index (Phi) is 5.64. The lowest BCUT2D eigenvalue weighted by molar-refractivity contribution is 0.00849. The largest absolute Gasteiger partial charge is 0.377 e. The molecule has 0 aliphatic carbocycles. The van der Waals surface area contributed by atoms with Crippen LogP contribution in [0.5, 0.6) is 0 Å². The SMILES string of the molecule is NC(=O)c1cc([C@@H]2CCCN(CCOC[C@@H]3CCCO3)C2)[nH]n1. The summed E-state index contributed by atoms with van der Waals surface area (Å²) in [7, 11) is 0. The minimum Gasteiger partial charge on any atom is -0.377 e. The lowest BCUT2D eigenvalue weighted by Gasteiger charge is -2.32. The number of aromatic amines is 1. The second-order valence-corrected chi connectivity index (χ2v) is 6.42. The van der Waals surface area contributed by atoms with Gasteiger partial charge in [-0.3, -0.25) is 9.89 Å². The van der Waals surface area contributed by atoms with Crippen molar-refractivity contribution < 1.29 is 14.3 Å². The summed E-state index contributed by atoms with van der Waals surface area (Å²) in [6, 6.07) is 1.78. The van der Waals surface area contributed by atoms with E-state index in [9.17, 15) is 4.79 Å². The Morgan fingerprint density at radius 1 is 1.48 bits per heavy atom. The van der Waals surface area contributed by atoms with Crippen molar-refractivity contribution in [1.29, 1.82) is 0 Å². The van der Waals surface area contributed by atoms with Gasteiger partial charge in [0.15, 0.2) is 0 Å². The Hall–Kier alpha value is -1.44. The highest BCUT2D eigenvalue weighted by atomic mass is 16.5. The van der Waals surface area contributed by atoms with E-state index in [1.807, 2.05) is 0 Å². The van der Waals surface area contributed by atoms with Gasteiger partial charge in [-0.2, -0.15) is 5.10 Å². The van der Waals surface area contributed by atoms with E-state index in [4.69, 9.17) is 15.2 Å². The van der Waals surface area contributed by atoms with Crippen molar-refractivity contribution >= 4 is 5.91 Å². The molecule has 0 saturated carbocycles. The molecule has 0 spiro atoms. The molecule has 0 bridgehead atoms. The maximum absolute atomic E-state index is 11.1. The average Bonchev–Trinajstić information content (AvgIpc) is 3.23. The maximum atomic E-state index is 11.1. The zero-order valence-corrected chi connectivity index (χ0v) is 13.5. The van der Waals surface area contributed by atoms with E-state index in [1.54, 1.807) is 6.07 Å². The van der Waals surface area contributed by atoms with Crippen molar-refractivity contribution in [1.82, 2.24) is 15.1 Å². The molecule has 2 saturated heterocycles. The average molecular weight is 322 g/mol. The number of hydrogen-bond donors (Lipinski definition) is 2. The molecular formula is C16H26N4O3. The molecule has 128 valence electrons. The summed E-state index contributed by atoms with van der Waals surface area (Å²) in [5, 5.41) is 6.94. The van der Waals surface area contributed by atoms with Gasteiger partial charge in [0, 0.05) is 31.3 Å². The first-order valence-corrected chi connectivity index (χ1v) is 8.49. The molecule has 0 radical (unpaired) electrons. The fourth-order valence-corrected chi connectivity index (χ4v) is 3.37. The number of carbonyl (C=O) groups is 1. The van der Waals surface area contributed by atoms with Gasteiger partial charge in [-0.1, -0.05) is 0 Å². The number of nitrogens with two attached hydrogens (primary N) is 1. The van der Waals surface area contributed by atoms with Crippen LogP contribution in [-0.2, 0) is 9.47 Å². The molecule has 23 heavy (non-hydrogen) atoms. The van der Waals surface area contributed by atoms with Crippen LogP contribution in [0.4, 0.5) is 0 Å². The summed E-state index contributed by atoms with van der Waals surface area (Å²) in [6.45, 7) is 5.31. The summed E-state index contributed by atoms with van der Waals surface area (Å²) >= 11 is 0. The van der Waals surface area contributed by atoms with Crippen molar-refractivity contribution in [2.24, 2.45) is 5.73 Å². The first-order valence-electron chi connectivity index (χ1n) is 8.49. The van der Waals surface area contributed by atoms with Crippen LogP contribution < -0.4 is 5.73 Å². The minimum atomic E-state index is -0.484. The molecule has 7 nitrogen and oxygen atoms in total. The van der Waals surface area contributed by atoms with Crippen LogP contribution in [-0.4, -0.2) is 66.6 Å². The van der Waals surface area contributed by atoms with Gasteiger partial charge in [-0.25, -0.2) is 0 Å². The fraction of sp³-hybridized carbons (Fsp3) is 0.750. The Bertz CT molecular complexity index is 513. The predicted octanol–water partition coefficient (Wildman–Crippen LogP) is 0.884. The van der Waals surface area contributed by atoms with Gasteiger partial charge in [0.1, 0.15) is 5.69 Å². The molecule has 0 aromatic carbocycles. The number of hydrogen-bond acceptors (Lipinski definition) is 5. The molecule has 2 aliphatic rings. The highest BCUT2D eigenvalue weighted by molar-refractivity contribution is 5.90. The summed E-state index contributed by atoms with van der Waals surface area (Å²) < 4.78 is 11.3. The topological polar surface area (TPSA) is 93.5 Å². The summed E-state index contributed by atoms with van der Waals surface area (Å²) in [4.78, 5) is 13.6. The maximum Gasteiger partial charge on any atom is 0.269 e. The number of piperidine rings is 1. The molecule has 1 aromatic heterocycles. The quantitative estimate of drug-likeness (QED) is 0.727.